The van der Waals surface area contributed by atoms with Crippen molar-refractivity contribution in [2.45, 2.75) is 96.4 Å². The highest BCUT2D eigenvalue weighted by Crippen LogP contribution is 1.99. The second-order valence-electron chi connectivity index (χ2n) is 14.6. The van der Waals surface area contributed by atoms with Crippen LogP contribution in [0.25, 0.3) is 0 Å². The predicted octanol–water partition coefficient (Wildman–Crippen LogP) is 0.404. The van der Waals surface area contributed by atoms with Crippen LogP contribution in [0.3, 0.4) is 0 Å². The summed E-state index contributed by atoms with van der Waals surface area (Å²) in [7, 11) is 12.0. The van der Waals surface area contributed by atoms with Gasteiger partial charge in [-0.15, -0.1) is 0 Å². The number of ether oxygens (including phenoxy) is 5. The highest BCUT2D eigenvalue weighted by atomic mass is 79.9. The molecule has 4 amide bonds. The Kier molecular flexibility index (Phi) is 70.6. The maximum absolute atomic E-state index is 11.1. The van der Waals surface area contributed by atoms with Crippen molar-refractivity contribution in [2.24, 2.45) is 5.73 Å². The van der Waals surface area contributed by atoms with Crippen LogP contribution in [0, 0.1) is 0 Å². The Morgan fingerprint density at radius 3 is 1.26 bits per heavy atom. The van der Waals surface area contributed by atoms with Gasteiger partial charge in [0.15, 0.2) is 0 Å². The van der Waals surface area contributed by atoms with Gasteiger partial charge in [-0.05, 0) is 44.3 Å². The fourth-order valence-electron chi connectivity index (χ4n) is 4.73. The van der Waals surface area contributed by atoms with E-state index in [1.165, 1.54) is 35.5 Å². The Bertz CT molecular complexity index is 1630. The fraction of sp³-hybridized carbons (Fsp3) is 0.756. The largest absolute Gasteiger partial charge is 0.469 e. The summed E-state index contributed by atoms with van der Waals surface area (Å²) in [4.78, 5) is 117. The molecule has 0 aliphatic carbocycles. The summed E-state index contributed by atoms with van der Waals surface area (Å²) in [6.45, 7) is 3.18. The molecule has 11 N–H and O–H groups in total. The molecule has 0 unspecified atom stereocenters. The number of alkyl halides is 4. The third kappa shape index (κ3) is 63.5. The minimum absolute atomic E-state index is 0. The standard InChI is InChI=1S/C9H17BrN2O3.C8H15BrN2O3.C8H14N2O3.C7H12N2O3.C6H14N2O2.C3H4BrClO.C2H2BrClO.2CH4/c1-11-7(5-9(14)15-2)6-12-8(13)3-4-10;1-10-6(3-8(13)14-2)5-11-7(12)4-9;1-13-8(12)4-6-5-10-7(11)2-3-9-6;1-12-7(11)2-5-3-9-6(10)4-8-5;1-8-5(4-7)3-6(9)10-2;4-2-1-3(5)6;3-1-2(4)5;;/h7,11H,3-6H2,1-2H3,(H,12,13);6,10H,3-5H2,1-2H3,(H,11,12);6,9H,2-5H2,1H3,(H,10,11);5,8H,2-4H2,1H3,(H,9,10);5,8H,3-4,7H2,1-2H3;1-2H2;1H2;2*1H4/t7-;2*6-;2*5-;;;;/m11111..../s1. The van der Waals surface area contributed by atoms with Gasteiger partial charge in [-0.25, -0.2) is 0 Å². The second kappa shape index (κ2) is 62.0. The molecule has 2 aliphatic heterocycles. The predicted molar refractivity (Wildman–Crippen MR) is 311 cm³/mol. The Morgan fingerprint density at radius 1 is 0.571 bits per heavy atom. The van der Waals surface area contributed by atoms with E-state index in [1.54, 1.807) is 21.1 Å². The molecule has 0 aromatic heterocycles. The van der Waals surface area contributed by atoms with Gasteiger partial charge in [0.1, 0.15) is 0 Å². The molecule has 0 radical (unpaired) electrons. The number of carbonyl (C=O) groups is 11. The number of piperazine rings is 1. The van der Waals surface area contributed by atoms with Gasteiger partial charge in [-0.3, -0.25) is 52.7 Å². The lowest BCUT2D eigenvalue weighted by atomic mass is 10.2. The minimum atomic E-state index is -0.356. The van der Waals surface area contributed by atoms with E-state index in [2.05, 4.69) is 135 Å². The summed E-state index contributed by atoms with van der Waals surface area (Å²) in [5, 5.41) is 26.7. The first-order chi connectivity index (χ1) is 35.5. The number of esters is 5. The summed E-state index contributed by atoms with van der Waals surface area (Å²) in [5.41, 5.74) is 5.32. The number of nitrogens with one attached hydrogen (secondary N) is 9. The number of methoxy groups -OCH3 is 5. The monoisotopic (exact) mass is 1410 g/mol. The molecule has 2 saturated heterocycles. The van der Waals surface area contributed by atoms with Gasteiger partial charge in [-0.2, -0.15) is 0 Å². The maximum atomic E-state index is 11.1. The Balaban J connectivity index is -0.000000151. The third-order valence-electron chi connectivity index (χ3n) is 9.07. The van der Waals surface area contributed by atoms with E-state index in [0.717, 1.165) is 0 Å². The molecule has 5 atom stereocenters. The smallest absolute Gasteiger partial charge is 0.307 e. The van der Waals surface area contributed by atoms with Gasteiger partial charge >= 0.3 is 29.8 Å². The van der Waals surface area contributed by atoms with Gasteiger partial charge in [0.05, 0.1) is 84.9 Å². The Hall–Kier alpha value is -3.17. The van der Waals surface area contributed by atoms with Crippen LogP contribution >= 0.6 is 86.9 Å². The summed E-state index contributed by atoms with van der Waals surface area (Å²) < 4.78 is 22.5. The lowest BCUT2D eigenvalue weighted by Crippen LogP contribution is -2.52. The van der Waals surface area contributed by atoms with Crippen molar-refractivity contribution >= 4 is 151 Å². The maximum Gasteiger partial charge on any atom is 0.307 e. The molecular formula is C45H86Br4Cl2N10O16. The minimum Gasteiger partial charge on any atom is -0.469 e. The number of halogens is 6. The van der Waals surface area contributed by atoms with Gasteiger partial charge in [0.2, 0.25) is 34.1 Å². The van der Waals surface area contributed by atoms with Crippen molar-refractivity contribution < 1.29 is 76.4 Å². The number of hydrogen-bond acceptors (Lipinski definition) is 22. The molecule has 0 spiro atoms. The van der Waals surface area contributed by atoms with Gasteiger partial charge in [0.25, 0.3) is 0 Å². The van der Waals surface area contributed by atoms with Crippen LogP contribution in [0.2, 0.25) is 0 Å². The second-order valence-corrected chi connectivity index (χ2v) is 18.2. The summed E-state index contributed by atoms with van der Waals surface area (Å²) >= 11 is 21.8. The van der Waals surface area contributed by atoms with Crippen molar-refractivity contribution in [2.75, 3.05) is 124 Å². The molecule has 0 aromatic rings. The van der Waals surface area contributed by atoms with E-state index in [9.17, 15) is 52.7 Å². The first-order valence-corrected chi connectivity index (χ1v) is 27.9. The van der Waals surface area contributed by atoms with Crippen LogP contribution in [0.5, 0.6) is 0 Å². The molecule has 0 aromatic carbocycles. The normalized spacial score (nSPS) is 14.8. The average molecular weight is 1410 g/mol. The van der Waals surface area contributed by atoms with Gasteiger partial charge in [-0.1, -0.05) is 78.6 Å². The third-order valence-corrected chi connectivity index (χ3v) is 11.5. The van der Waals surface area contributed by atoms with E-state index in [-0.39, 0.29) is 139 Å². The Labute approximate surface area is 498 Å². The van der Waals surface area contributed by atoms with Crippen LogP contribution in [-0.2, 0) is 76.4 Å². The molecule has 454 valence electrons. The number of likely N-dealkylation sites (N-methyl/N-ethyl adjacent to an activating group) is 3. The molecular weight excluding hydrogens is 1330 g/mol. The molecule has 26 nitrogen and oxygen atoms in total. The summed E-state index contributed by atoms with van der Waals surface area (Å²) in [6, 6.07) is -0.135. The van der Waals surface area contributed by atoms with Crippen molar-refractivity contribution in [3.05, 3.63) is 0 Å². The molecule has 2 heterocycles. The van der Waals surface area contributed by atoms with E-state index in [1.807, 2.05) is 0 Å². The first-order valence-electron chi connectivity index (χ1n) is 22.7. The van der Waals surface area contributed by atoms with Crippen LogP contribution in [0.1, 0.15) is 66.2 Å². The van der Waals surface area contributed by atoms with Gasteiger partial charge < -0.3 is 77.3 Å². The Morgan fingerprint density at radius 2 is 0.948 bits per heavy atom. The lowest BCUT2D eigenvalue weighted by Gasteiger charge is -2.22. The SMILES string of the molecule is C.C.CN[C@@H](CN)CC(=O)OC.CN[C@@H](CNC(=O)CBr)CC(=O)OC.CN[C@@H](CNC(=O)CCBr)CC(=O)OC.COC(=O)C[C@@H]1CNC(=O)CCN1.COC(=O)C[C@@H]1CNC(=O)CN1.O=C(Cl)CBr.O=C(Cl)CCBr. The quantitative estimate of drug-likeness (QED) is 0.0271. The number of carbonyl (C=O) groups excluding carboxylic acids is 11. The molecule has 2 fully saturated rings. The zero-order valence-electron chi connectivity index (χ0n) is 43.7. The zero-order chi connectivity index (χ0) is 58.6. The van der Waals surface area contributed by atoms with Crippen molar-refractivity contribution in [3.63, 3.8) is 0 Å². The van der Waals surface area contributed by atoms with Crippen LogP contribution in [0.15, 0.2) is 0 Å². The molecule has 0 saturated carbocycles. The van der Waals surface area contributed by atoms with E-state index in [0.29, 0.717) is 88.5 Å². The topological polar surface area (TPSA) is 368 Å². The number of amides is 4. The van der Waals surface area contributed by atoms with Crippen molar-refractivity contribution in [3.8, 4) is 0 Å². The molecule has 77 heavy (non-hydrogen) atoms. The van der Waals surface area contributed by atoms with Crippen LogP contribution in [0.4, 0.5) is 0 Å². The number of rotatable bonds is 24. The molecule has 2 aliphatic rings. The molecule has 32 heteroatoms. The first kappa shape index (κ1) is 87.7. The highest BCUT2D eigenvalue weighted by Gasteiger charge is 2.20. The number of nitrogens with two attached hydrogens (primary N) is 1. The van der Waals surface area contributed by atoms with Gasteiger partial charge in [0, 0.05) is 99.4 Å². The van der Waals surface area contributed by atoms with Crippen LogP contribution < -0.4 is 53.6 Å². The average Bonchev–Trinajstić information content (AvgIpc) is 3.61. The van der Waals surface area contributed by atoms with E-state index >= 15 is 0 Å². The number of hydrogen-bond donors (Lipinski definition) is 10. The molecule has 0 bridgehead atoms. The van der Waals surface area contributed by atoms with Crippen molar-refractivity contribution in [1.29, 1.82) is 0 Å². The van der Waals surface area contributed by atoms with Crippen LogP contribution in [-0.4, -0.2) is 218 Å². The van der Waals surface area contributed by atoms with E-state index in [4.69, 9.17) is 28.9 Å². The summed E-state index contributed by atoms with van der Waals surface area (Å²) in [5.74, 6) is -1.47. The summed E-state index contributed by atoms with van der Waals surface area (Å²) in [6.07, 6.45) is 2.77. The lowest BCUT2D eigenvalue weighted by molar-refractivity contribution is -0.142. The zero-order valence-corrected chi connectivity index (χ0v) is 51.6. The molecule has 2 rings (SSSR count). The van der Waals surface area contributed by atoms with E-state index < -0.39 is 0 Å². The van der Waals surface area contributed by atoms with Crippen molar-refractivity contribution in [1.82, 2.24) is 47.9 Å². The highest BCUT2D eigenvalue weighted by molar-refractivity contribution is 9.10. The fourth-order valence-corrected chi connectivity index (χ4v) is 5.97.